The lowest BCUT2D eigenvalue weighted by Crippen LogP contribution is -2.13. The number of rotatable bonds is 1. The number of benzene rings is 1. The number of methoxy groups -OCH3 is 1. The summed E-state index contributed by atoms with van der Waals surface area (Å²) in [7, 11) is 1.74. The van der Waals surface area contributed by atoms with E-state index >= 15 is 0 Å². The number of aromatic amines is 1. The Morgan fingerprint density at radius 2 is 2.12 bits per heavy atom. The zero-order chi connectivity index (χ0) is 12.0. The number of nitrogens with one attached hydrogen (secondary N) is 1. The molecule has 2 unspecified atom stereocenters. The second-order valence-electron chi connectivity index (χ2n) is 5.35. The Balaban J connectivity index is 2.27. The molecule has 0 aliphatic heterocycles. The van der Waals surface area contributed by atoms with Crippen LogP contribution >= 0.6 is 0 Å². The molecule has 0 amide bonds. The molecular formula is C15H19NO. The molecule has 1 aliphatic rings. The smallest absolute Gasteiger partial charge is 0.142 e. The Bertz CT molecular complexity index is 555. The number of ether oxygens (including phenoxy) is 1. The van der Waals surface area contributed by atoms with E-state index in [1.165, 1.54) is 28.6 Å². The molecule has 0 radical (unpaired) electrons. The molecule has 0 spiro atoms. The standard InChI is InChI=1S/C15H19NO/c1-9-7-10(2)14-11-5-4-6-13(17-3)15(11)16-12(14)8-9/h4-6,9-10,16H,7-8H2,1-3H3. The molecule has 17 heavy (non-hydrogen) atoms. The van der Waals surface area contributed by atoms with E-state index in [1.54, 1.807) is 7.11 Å². The van der Waals surface area contributed by atoms with Gasteiger partial charge in [0.15, 0.2) is 0 Å². The van der Waals surface area contributed by atoms with Crippen molar-refractivity contribution in [2.24, 2.45) is 5.92 Å². The van der Waals surface area contributed by atoms with Gasteiger partial charge in [0.25, 0.3) is 0 Å². The summed E-state index contributed by atoms with van der Waals surface area (Å²) in [4.78, 5) is 3.57. The molecule has 2 aromatic rings. The Morgan fingerprint density at radius 3 is 2.88 bits per heavy atom. The second-order valence-corrected chi connectivity index (χ2v) is 5.35. The van der Waals surface area contributed by atoms with Gasteiger partial charge in [-0.25, -0.2) is 0 Å². The maximum absolute atomic E-state index is 5.44. The monoisotopic (exact) mass is 229 g/mol. The predicted molar refractivity (Wildman–Crippen MR) is 70.8 cm³/mol. The van der Waals surface area contributed by atoms with Crippen LogP contribution in [0.1, 0.15) is 37.4 Å². The number of H-pyrrole nitrogens is 1. The Morgan fingerprint density at radius 1 is 1.29 bits per heavy atom. The first-order chi connectivity index (χ1) is 8.20. The maximum atomic E-state index is 5.44. The van der Waals surface area contributed by atoms with Gasteiger partial charge in [0.1, 0.15) is 5.75 Å². The summed E-state index contributed by atoms with van der Waals surface area (Å²) in [6.07, 6.45) is 2.45. The van der Waals surface area contributed by atoms with Crippen molar-refractivity contribution in [2.45, 2.75) is 32.6 Å². The van der Waals surface area contributed by atoms with Crippen LogP contribution in [0.5, 0.6) is 5.75 Å². The van der Waals surface area contributed by atoms with E-state index < -0.39 is 0 Å². The topological polar surface area (TPSA) is 25.0 Å². The Kier molecular flexibility index (Phi) is 2.39. The first-order valence-corrected chi connectivity index (χ1v) is 6.38. The SMILES string of the molecule is COc1cccc2c3c([nH]c12)CC(C)CC3C. The van der Waals surface area contributed by atoms with Crippen LogP contribution in [0.15, 0.2) is 18.2 Å². The minimum Gasteiger partial charge on any atom is -0.495 e. The van der Waals surface area contributed by atoms with Crippen LogP contribution in [0, 0.1) is 5.92 Å². The lowest BCUT2D eigenvalue weighted by molar-refractivity contribution is 0.419. The van der Waals surface area contributed by atoms with Crippen molar-refractivity contribution in [3.05, 3.63) is 29.5 Å². The van der Waals surface area contributed by atoms with E-state index in [0.717, 1.165) is 18.1 Å². The molecule has 0 saturated carbocycles. The molecular weight excluding hydrogens is 210 g/mol. The zero-order valence-electron chi connectivity index (χ0n) is 10.7. The van der Waals surface area contributed by atoms with Gasteiger partial charge in [-0.15, -0.1) is 0 Å². The summed E-state index contributed by atoms with van der Waals surface area (Å²) in [5, 5.41) is 1.35. The van der Waals surface area contributed by atoms with Gasteiger partial charge in [-0.3, -0.25) is 0 Å². The molecule has 0 bridgehead atoms. The number of para-hydroxylation sites is 1. The average molecular weight is 229 g/mol. The molecule has 1 N–H and O–H groups in total. The Labute approximate surface area is 102 Å². The summed E-state index contributed by atoms with van der Waals surface area (Å²) in [6, 6.07) is 6.32. The van der Waals surface area contributed by atoms with Gasteiger partial charge < -0.3 is 9.72 Å². The molecule has 1 heterocycles. The molecule has 3 rings (SSSR count). The van der Waals surface area contributed by atoms with Crippen LogP contribution in [0.2, 0.25) is 0 Å². The van der Waals surface area contributed by atoms with Crippen molar-refractivity contribution in [2.75, 3.05) is 7.11 Å². The third kappa shape index (κ3) is 1.54. The number of hydrogen-bond donors (Lipinski definition) is 1. The van der Waals surface area contributed by atoms with Gasteiger partial charge in [0, 0.05) is 11.1 Å². The first kappa shape index (κ1) is 10.7. The second kappa shape index (κ2) is 3.80. The van der Waals surface area contributed by atoms with Crippen molar-refractivity contribution in [1.29, 1.82) is 0 Å². The normalized spacial score (nSPS) is 23.7. The molecule has 2 atom stereocenters. The van der Waals surface area contributed by atoms with E-state index in [1.807, 2.05) is 6.07 Å². The van der Waals surface area contributed by atoms with Crippen molar-refractivity contribution >= 4 is 10.9 Å². The van der Waals surface area contributed by atoms with Crippen molar-refractivity contribution in [1.82, 2.24) is 4.98 Å². The summed E-state index contributed by atoms with van der Waals surface area (Å²) in [5.74, 6) is 2.38. The van der Waals surface area contributed by atoms with Crippen molar-refractivity contribution in [3.63, 3.8) is 0 Å². The average Bonchev–Trinajstić information content (AvgIpc) is 2.66. The molecule has 1 aromatic heterocycles. The summed E-state index contributed by atoms with van der Waals surface area (Å²) in [6.45, 7) is 4.67. The highest BCUT2D eigenvalue weighted by Gasteiger charge is 2.26. The van der Waals surface area contributed by atoms with E-state index in [-0.39, 0.29) is 0 Å². The lowest BCUT2D eigenvalue weighted by Gasteiger charge is -2.24. The van der Waals surface area contributed by atoms with Gasteiger partial charge in [0.2, 0.25) is 0 Å². The number of fused-ring (bicyclic) bond motifs is 3. The number of hydrogen-bond acceptors (Lipinski definition) is 1. The van der Waals surface area contributed by atoms with Crippen LogP contribution in [-0.2, 0) is 6.42 Å². The summed E-state index contributed by atoms with van der Waals surface area (Å²) in [5.41, 5.74) is 4.09. The molecule has 2 heteroatoms. The molecule has 90 valence electrons. The highest BCUT2D eigenvalue weighted by molar-refractivity contribution is 5.90. The first-order valence-electron chi connectivity index (χ1n) is 6.38. The fourth-order valence-corrected chi connectivity index (χ4v) is 3.31. The summed E-state index contributed by atoms with van der Waals surface area (Å²) >= 11 is 0. The van der Waals surface area contributed by atoms with Gasteiger partial charge in [0.05, 0.1) is 12.6 Å². The van der Waals surface area contributed by atoms with Crippen molar-refractivity contribution in [3.8, 4) is 5.75 Å². The van der Waals surface area contributed by atoms with Crippen LogP contribution in [0.4, 0.5) is 0 Å². The predicted octanol–water partition coefficient (Wildman–Crippen LogP) is 3.86. The van der Waals surface area contributed by atoms with Gasteiger partial charge in [-0.2, -0.15) is 0 Å². The summed E-state index contributed by atoms with van der Waals surface area (Å²) < 4.78 is 5.44. The quantitative estimate of drug-likeness (QED) is 0.789. The highest BCUT2D eigenvalue weighted by Crippen LogP contribution is 2.40. The van der Waals surface area contributed by atoms with Crippen LogP contribution in [-0.4, -0.2) is 12.1 Å². The molecule has 1 aromatic carbocycles. The van der Waals surface area contributed by atoms with E-state index in [9.17, 15) is 0 Å². The third-order valence-electron chi connectivity index (χ3n) is 3.94. The fourth-order valence-electron chi connectivity index (χ4n) is 3.31. The van der Waals surface area contributed by atoms with Gasteiger partial charge in [-0.05, 0) is 36.3 Å². The maximum Gasteiger partial charge on any atom is 0.142 e. The van der Waals surface area contributed by atoms with E-state index in [4.69, 9.17) is 4.74 Å². The zero-order valence-corrected chi connectivity index (χ0v) is 10.7. The van der Waals surface area contributed by atoms with E-state index in [2.05, 4.69) is 31.0 Å². The van der Waals surface area contributed by atoms with Crippen molar-refractivity contribution < 1.29 is 4.74 Å². The van der Waals surface area contributed by atoms with Gasteiger partial charge >= 0.3 is 0 Å². The molecule has 1 aliphatic carbocycles. The third-order valence-corrected chi connectivity index (χ3v) is 3.94. The molecule has 2 nitrogen and oxygen atoms in total. The molecule has 0 saturated heterocycles. The van der Waals surface area contributed by atoms with Crippen LogP contribution < -0.4 is 4.74 Å². The minimum atomic E-state index is 0.648. The highest BCUT2D eigenvalue weighted by atomic mass is 16.5. The van der Waals surface area contributed by atoms with E-state index in [0.29, 0.717) is 5.92 Å². The minimum absolute atomic E-state index is 0.648. The number of aromatic nitrogens is 1. The Hall–Kier alpha value is -1.44. The van der Waals surface area contributed by atoms with Crippen LogP contribution in [0.3, 0.4) is 0 Å². The fraction of sp³-hybridized carbons (Fsp3) is 0.467. The largest absolute Gasteiger partial charge is 0.495 e. The van der Waals surface area contributed by atoms with Crippen LogP contribution in [0.25, 0.3) is 10.9 Å². The lowest BCUT2D eigenvalue weighted by atomic mass is 9.81. The van der Waals surface area contributed by atoms with Gasteiger partial charge in [-0.1, -0.05) is 26.0 Å². The molecule has 0 fully saturated rings.